The maximum atomic E-state index is 3.66. The van der Waals surface area contributed by atoms with E-state index in [0.29, 0.717) is 0 Å². The van der Waals surface area contributed by atoms with E-state index < -0.39 is 0 Å². The van der Waals surface area contributed by atoms with Crippen molar-refractivity contribution in [3.05, 3.63) is 211 Å². The lowest BCUT2D eigenvalue weighted by Crippen LogP contribution is -2.29. The Balaban J connectivity index is 1.11. The Kier molecular flexibility index (Phi) is 7.68. The van der Waals surface area contributed by atoms with Crippen LogP contribution < -0.4 is 10.2 Å². The first-order valence-corrected chi connectivity index (χ1v) is 17.3. The minimum absolute atomic E-state index is 0.167. The predicted octanol–water partition coefficient (Wildman–Crippen LogP) is 12.7. The number of hydrogen-bond acceptors (Lipinski definition) is 2. The number of anilines is 4. The number of para-hydroxylation sites is 2. The second-order valence-electron chi connectivity index (χ2n) is 13.0. The van der Waals surface area contributed by atoms with Crippen molar-refractivity contribution in [2.45, 2.75) is 12.0 Å². The van der Waals surface area contributed by atoms with Gasteiger partial charge in [-0.2, -0.15) is 0 Å². The molecule has 2 aliphatic rings. The van der Waals surface area contributed by atoms with Crippen molar-refractivity contribution in [1.29, 1.82) is 0 Å². The van der Waals surface area contributed by atoms with Crippen LogP contribution in [0.1, 0.15) is 17.0 Å². The zero-order valence-electron chi connectivity index (χ0n) is 27.7. The Morgan fingerprint density at radius 3 is 1.82 bits per heavy atom. The van der Waals surface area contributed by atoms with Crippen LogP contribution in [-0.2, 0) is 0 Å². The van der Waals surface area contributed by atoms with Gasteiger partial charge in [-0.25, -0.2) is 0 Å². The SMILES string of the molecule is C1=CC2c3cc(-c4ccc(Nc5ccccc5)c(-c5ccccc5)c4)ccc3N(c3ccccc3)C2C=C1c1cccc(-c2ccccc2)c1. The fourth-order valence-electron chi connectivity index (χ4n) is 7.54. The highest BCUT2D eigenvalue weighted by Gasteiger charge is 2.38. The molecule has 9 rings (SSSR count). The van der Waals surface area contributed by atoms with Crippen molar-refractivity contribution in [2.24, 2.45) is 0 Å². The molecule has 1 heterocycles. The first-order chi connectivity index (χ1) is 24.8. The number of allylic oxidation sites excluding steroid dienone is 2. The van der Waals surface area contributed by atoms with Crippen molar-refractivity contribution in [3.8, 4) is 33.4 Å². The van der Waals surface area contributed by atoms with E-state index in [4.69, 9.17) is 0 Å². The lowest BCUT2D eigenvalue weighted by atomic mass is 9.85. The number of nitrogens with one attached hydrogen (secondary N) is 1. The summed E-state index contributed by atoms with van der Waals surface area (Å²) in [7, 11) is 0. The molecular formula is C48H36N2. The first kappa shape index (κ1) is 29.7. The Morgan fingerprint density at radius 1 is 0.460 bits per heavy atom. The number of rotatable bonds is 7. The fourth-order valence-corrected chi connectivity index (χ4v) is 7.54. The third-order valence-corrected chi connectivity index (χ3v) is 9.97. The number of benzene rings is 7. The lowest BCUT2D eigenvalue weighted by molar-refractivity contribution is 0.747. The van der Waals surface area contributed by atoms with E-state index in [-0.39, 0.29) is 12.0 Å². The van der Waals surface area contributed by atoms with Crippen LogP contribution in [-0.4, -0.2) is 6.04 Å². The third-order valence-electron chi connectivity index (χ3n) is 9.97. The maximum absolute atomic E-state index is 3.66. The van der Waals surface area contributed by atoms with E-state index in [1.807, 2.05) is 6.07 Å². The molecule has 238 valence electrons. The third kappa shape index (κ3) is 5.61. The molecule has 1 N–H and O–H groups in total. The van der Waals surface area contributed by atoms with Gasteiger partial charge in [-0.15, -0.1) is 0 Å². The number of fused-ring (bicyclic) bond motifs is 3. The average molecular weight is 641 g/mol. The van der Waals surface area contributed by atoms with E-state index in [1.54, 1.807) is 0 Å². The molecule has 2 atom stereocenters. The minimum Gasteiger partial charge on any atom is -0.355 e. The zero-order valence-corrected chi connectivity index (χ0v) is 27.7. The molecule has 0 spiro atoms. The highest BCUT2D eigenvalue weighted by Crippen LogP contribution is 2.50. The van der Waals surface area contributed by atoms with Gasteiger partial charge < -0.3 is 10.2 Å². The van der Waals surface area contributed by atoms with Gasteiger partial charge in [-0.05, 0) is 99.1 Å². The van der Waals surface area contributed by atoms with E-state index in [0.717, 1.165) is 11.4 Å². The normalized spacial score (nSPS) is 16.0. The Hall–Kier alpha value is -6.38. The van der Waals surface area contributed by atoms with Crippen LogP contribution in [0.4, 0.5) is 22.7 Å². The quantitative estimate of drug-likeness (QED) is 0.186. The van der Waals surface area contributed by atoms with Crippen LogP contribution in [0, 0.1) is 0 Å². The molecule has 1 aliphatic heterocycles. The second kappa shape index (κ2) is 12.9. The van der Waals surface area contributed by atoms with Gasteiger partial charge in [0.2, 0.25) is 0 Å². The molecular weight excluding hydrogens is 605 g/mol. The van der Waals surface area contributed by atoms with Gasteiger partial charge in [-0.3, -0.25) is 0 Å². The van der Waals surface area contributed by atoms with Crippen molar-refractivity contribution in [3.63, 3.8) is 0 Å². The van der Waals surface area contributed by atoms with Gasteiger partial charge in [-0.1, -0.05) is 146 Å². The van der Waals surface area contributed by atoms with Crippen LogP contribution in [0.25, 0.3) is 39.0 Å². The van der Waals surface area contributed by atoms with Crippen LogP contribution in [0.5, 0.6) is 0 Å². The summed E-state index contributed by atoms with van der Waals surface area (Å²) in [6.45, 7) is 0. The largest absolute Gasteiger partial charge is 0.355 e. The van der Waals surface area contributed by atoms with Gasteiger partial charge in [0.1, 0.15) is 0 Å². The van der Waals surface area contributed by atoms with E-state index in [1.165, 1.54) is 61.5 Å². The highest BCUT2D eigenvalue weighted by atomic mass is 15.2. The van der Waals surface area contributed by atoms with Crippen LogP contribution in [0.15, 0.2) is 200 Å². The van der Waals surface area contributed by atoms with Crippen LogP contribution in [0.2, 0.25) is 0 Å². The second-order valence-corrected chi connectivity index (χ2v) is 13.0. The minimum atomic E-state index is 0.167. The van der Waals surface area contributed by atoms with Gasteiger partial charge in [0.15, 0.2) is 0 Å². The van der Waals surface area contributed by atoms with Crippen LogP contribution >= 0.6 is 0 Å². The molecule has 1 aliphatic carbocycles. The molecule has 0 aromatic heterocycles. The van der Waals surface area contributed by atoms with Gasteiger partial charge in [0.25, 0.3) is 0 Å². The summed E-state index contributed by atoms with van der Waals surface area (Å²) in [5.41, 5.74) is 15.8. The summed E-state index contributed by atoms with van der Waals surface area (Å²) in [6.07, 6.45) is 7.22. The van der Waals surface area contributed by atoms with Gasteiger partial charge in [0.05, 0.1) is 6.04 Å². The molecule has 2 nitrogen and oxygen atoms in total. The van der Waals surface area contributed by atoms with E-state index in [9.17, 15) is 0 Å². The molecule has 0 fully saturated rings. The van der Waals surface area contributed by atoms with Gasteiger partial charge in [0, 0.05) is 34.2 Å². The summed E-state index contributed by atoms with van der Waals surface area (Å²) in [5.74, 6) is 0.235. The average Bonchev–Trinajstić information content (AvgIpc) is 3.52. The molecule has 2 unspecified atom stereocenters. The fraction of sp³-hybridized carbons (Fsp3) is 0.0417. The van der Waals surface area contributed by atoms with Crippen molar-refractivity contribution in [1.82, 2.24) is 0 Å². The topological polar surface area (TPSA) is 15.3 Å². The van der Waals surface area contributed by atoms with Gasteiger partial charge >= 0.3 is 0 Å². The Labute approximate surface area is 294 Å². The molecule has 2 heteroatoms. The summed E-state index contributed by atoms with van der Waals surface area (Å²) in [5, 5.41) is 3.66. The smallest absolute Gasteiger partial charge is 0.0635 e. The monoisotopic (exact) mass is 640 g/mol. The van der Waals surface area contributed by atoms with Crippen molar-refractivity contribution < 1.29 is 0 Å². The first-order valence-electron chi connectivity index (χ1n) is 17.3. The Morgan fingerprint density at radius 2 is 1.06 bits per heavy atom. The predicted molar refractivity (Wildman–Crippen MR) is 211 cm³/mol. The van der Waals surface area contributed by atoms with Crippen molar-refractivity contribution in [2.75, 3.05) is 10.2 Å². The summed E-state index contributed by atoms with van der Waals surface area (Å²) >= 11 is 0. The van der Waals surface area contributed by atoms with E-state index >= 15 is 0 Å². The van der Waals surface area contributed by atoms with Crippen LogP contribution in [0.3, 0.4) is 0 Å². The molecule has 7 aromatic carbocycles. The molecule has 0 saturated heterocycles. The zero-order chi connectivity index (χ0) is 33.3. The molecule has 0 radical (unpaired) electrons. The lowest BCUT2D eigenvalue weighted by Gasteiger charge is -2.30. The number of hydrogen-bond donors (Lipinski definition) is 1. The summed E-state index contributed by atoms with van der Waals surface area (Å²) in [4.78, 5) is 2.52. The molecule has 7 aromatic rings. The summed E-state index contributed by atoms with van der Waals surface area (Å²) in [6, 6.07) is 65.4. The van der Waals surface area contributed by atoms with Crippen molar-refractivity contribution >= 4 is 28.3 Å². The summed E-state index contributed by atoms with van der Waals surface area (Å²) < 4.78 is 0. The number of nitrogens with zero attached hydrogens (tertiary/aromatic N) is 1. The van der Waals surface area contributed by atoms with E-state index in [2.05, 4.69) is 204 Å². The maximum Gasteiger partial charge on any atom is 0.0635 e. The molecule has 50 heavy (non-hydrogen) atoms. The Bertz CT molecular complexity index is 2340. The molecule has 0 saturated carbocycles. The highest BCUT2D eigenvalue weighted by molar-refractivity contribution is 5.88. The standard InChI is InChI=1S/C48H36N2/c1-5-14-34(15-6-1)36-18-13-19-37(30-36)40-24-27-43-45-32-39(26-29-47(45)50(48(43)33-40)42-22-11-4-12-23-42)38-25-28-46(49-41-20-9-3-10-21-41)44(31-38)35-16-7-2-8-17-35/h1-33,43,48-49H. The molecule has 0 bridgehead atoms. The molecule has 0 amide bonds.